The summed E-state index contributed by atoms with van der Waals surface area (Å²) in [6.07, 6.45) is 3.22. The smallest absolute Gasteiger partial charge is 0.316 e. The zero-order valence-electron chi connectivity index (χ0n) is 59.0. The minimum atomic E-state index is -0.701. The molecule has 11 aromatic carbocycles. The lowest BCUT2D eigenvalue weighted by Gasteiger charge is -2.09. The SMILES string of the molecule is Cc1ccc(OCc2ccc(C3COC(c4c(F)cccc4F)=N3)cc2)cc1.Fc1ccc(OCc2ccc(C3COC(c4c(F)cccc4F)=N3)cc2)cc1.Fc1cccc(F)c1C1=NC(c2ccc(COc3ccc(Br)cc3)cc2)CO1.Fc1cccc(F)c1C1=NC(c2ccc(COc3ncccn3)cc2)CO1. The van der Waals surface area contributed by atoms with Crippen molar-refractivity contribution in [1.29, 1.82) is 0 Å². The van der Waals surface area contributed by atoms with Gasteiger partial charge in [0.05, 0.1) is 0 Å². The molecule has 0 N–H and O–H groups in total. The molecule has 111 heavy (non-hydrogen) atoms. The molecule has 0 fully saturated rings. The van der Waals surface area contributed by atoms with Gasteiger partial charge in [0.25, 0.3) is 0 Å². The molecular weight excluding hydrogens is 1510 g/mol. The highest BCUT2D eigenvalue weighted by molar-refractivity contribution is 9.10. The Balaban J connectivity index is 0.000000130. The third kappa shape index (κ3) is 20.2. The van der Waals surface area contributed by atoms with E-state index < -0.39 is 46.5 Å². The molecule has 24 heteroatoms. The van der Waals surface area contributed by atoms with Gasteiger partial charge in [0.15, 0.2) is 0 Å². The Morgan fingerprint density at radius 3 is 0.838 bits per heavy atom. The average Bonchev–Trinajstić information content (AvgIpc) is 1.71. The maximum atomic E-state index is 13.9. The van der Waals surface area contributed by atoms with Gasteiger partial charge in [-0.05, 0) is 167 Å². The molecule has 0 saturated heterocycles. The number of hydrogen-bond acceptors (Lipinski definition) is 14. The standard InChI is InChI=1S/C23H19F2NO2.C22H16BrF2NO2.C22H16F3NO2.C20H15F2N3O2/c1-15-5-11-18(12-6-15)27-13-16-7-9-17(10-8-16)21-14-28-23(26-21)22-19(24)3-2-4-20(22)25;2*23-16-8-10-17(11-9-16)27-12-14-4-6-15(7-5-14)20-13-28-22(26-20)21-18(24)2-1-3-19(21)25;21-15-3-1-4-16(22)18(15)19-25-17(12-26-19)14-7-5-13(6-8-14)11-27-20-23-9-2-10-24-20/h2-12,21H,13-14H2,1H3;2*1-11,20H,12-13H2;1-10,17H,11-12H2. The van der Waals surface area contributed by atoms with Crippen LogP contribution in [0.3, 0.4) is 0 Å². The van der Waals surface area contributed by atoms with Crippen molar-refractivity contribution in [1.82, 2.24) is 9.97 Å². The maximum absolute atomic E-state index is 13.9. The molecule has 14 nitrogen and oxygen atoms in total. The van der Waals surface area contributed by atoms with E-state index in [1.54, 1.807) is 30.6 Å². The van der Waals surface area contributed by atoms with Gasteiger partial charge in [-0.25, -0.2) is 69.5 Å². The van der Waals surface area contributed by atoms with Crippen LogP contribution in [0, 0.1) is 59.3 Å². The topological polar surface area (TPSA) is 149 Å². The first kappa shape index (κ1) is 76.6. The van der Waals surface area contributed by atoms with Crippen molar-refractivity contribution < 1.29 is 77.4 Å². The fourth-order valence-electron chi connectivity index (χ4n) is 11.6. The van der Waals surface area contributed by atoms with Crippen LogP contribution in [-0.2, 0) is 45.4 Å². The number of aliphatic imine (C=N–C) groups is 4. The van der Waals surface area contributed by atoms with Crippen molar-refractivity contribution in [2.24, 2.45) is 20.0 Å². The Labute approximate surface area is 641 Å². The maximum Gasteiger partial charge on any atom is 0.316 e. The van der Waals surface area contributed by atoms with Crippen LogP contribution < -0.4 is 18.9 Å². The van der Waals surface area contributed by atoms with Crippen LogP contribution in [-0.4, -0.2) is 60.0 Å². The second-order valence-corrected chi connectivity index (χ2v) is 26.2. The lowest BCUT2D eigenvalue weighted by atomic mass is 10.1. The van der Waals surface area contributed by atoms with Gasteiger partial charge in [-0.15, -0.1) is 0 Å². The largest absolute Gasteiger partial charge is 0.489 e. The molecule has 4 aliphatic heterocycles. The van der Waals surface area contributed by atoms with E-state index in [2.05, 4.69) is 45.9 Å². The molecule has 0 saturated carbocycles. The summed E-state index contributed by atoms with van der Waals surface area (Å²) in [4.78, 5) is 25.4. The molecule has 12 aromatic rings. The number of aromatic nitrogens is 2. The molecule has 4 aliphatic rings. The van der Waals surface area contributed by atoms with E-state index in [0.29, 0.717) is 38.2 Å². The Hall–Kier alpha value is -12.6. The van der Waals surface area contributed by atoms with E-state index >= 15 is 0 Å². The second-order valence-electron chi connectivity index (χ2n) is 25.3. The summed E-state index contributed by atoms with van der Waals surface area (Å²) in [5, 5.41) is 0. The number of aryl methyl sites for hydroxylation is 1. The highest BCUT2D eigenvalue weighted by Gasteiger charge is 2.31. The molecule has 0 aliphatic carbocycles. The summed E-state index contributed by atoms with van der Waals surface area (Å²) in [5.74, 6) is -3.65. The zero-order chi connectivity index (χ0) is 77.2. The Morgan fingerprint density at radius 1 is 0.306 bits per heavy atom. The van der Waals surface area contributed by atoms with E-state index in [-0.39, 0.29) is 102 Å². The van der Waals surface area contributed by atoms with Crippen LogP contribution in [0.1, 0.15) is 96.5 Å². The van der Waals surface area contributed by atoms with Crippen LogP contribution in [0.2, 0.25) is 0 Å². The van der Waals surface area contributed by atoms with Gasteiger partial charge < -0.3 is 37.9 Å². The van der Waals surface area contributed by atoms with Gasteiger partial charge in [0.2, 0.25) is 23.6 Å². The number of benzene rings is 11. The number of hydrogen-bond donors (Lipinski definition) is 0. The van der Waals surface area contributed by atoms with Crippen molar-refractivity contribution in [3.8, 4) is 23.3 Å². The normalized spacial score (nSPS) is 15.8. The van der Waals surface area contributed by atoms with E-state index in [1.807, 2.05) is 153 Å². The van der Waals surface area contributed by atoms with Crippen molar-refractivity contribution in [3.63, 3.8) is 0 Å². The molecule has 0 radical (unpaired) electrons. The predicted molar refractivity (Wildman–Crippen MR) is 403 cm³/mol. The van der Waals surface area contributed by atoms with Gasteiger partial charge in [-0.2, -0.15) is 0 Å². The van der Waals surface area contributed by atoms with Gasteiger partial charge in [-0.3, -0.25) is 0 Å². The minimum absolute atomic E-state index is 0.00301. The number of ether oxygens (including phenoxy) is 8. The molecule has 1 aromatic heterocycles. The fourth-order valence-corrected chi connectivity index (χ4v) is 11.8. The lowest BCUT2D eigenvalue weighted by Crippen LogP contribution is -2.07. The van der Waals surface area contributed by atoms with Crippen LogP contribution in [0.4, 0.5) is 39.5 Å². The van der Waals surface area contributed by atoms with Crippen LogP contribution in [0.15, 0.2) is 286 Å². The van der Waals surface area contributed by atoms with Gasteiger partial charge in [-0.1, -0.05) is 155 Å². The Bertz CT molecular complexity index is 4810. The highest BCUT2D eigenvalue weighted by atomic mass is 79.9. The molecule has 16 rings (SSSR count). The third-order valence-electron chi connectivity index (χ3n) is 17.5. The first-order valence-corrected chi connectivity index (χ1v) is 35.6. The number of halogens is 10. The fraction of sp³-hybridized carbons (Fsp3) is 0.149. The summed E-state index contributed by atoms with van der Waals surface area (Å²) < 4.78 is 170. The second kappa shape index (κ2) is 36.6. The summed E-state index contributed by atoms with van der Waals surface area (Å²) in [6, 6.07) is 67.5. The first-order chi connectivity index (χ1) is 54.0. The highest BCUT2D eigenvalue weighted by Crippen LogP contribution is 2.33. The number of rotatable bonds is 20. The van der Waals surface area contributed by atoms with Crippen LogP contribution in [0.25, 0.3) is 0 Å². The number of nitrogens with zero attached hydrogens (tertiary/aromatic N) is 6. The molecule has 0 bridgehead atoms. The average molecular weight is 1570 g/mol. The third-order valence-corrected chi connectivity index (χ3v) is 18.1. The van der Waals surface area contributed by atoms with Gasteiger partial charge in [0.1, 0.15) is 169 Å². The van der Waals surface area contributed by atoms with Crippen molar-refractivity contribution in [2.45, 2.75) is 57.5 Å². The molecule has 0 amide bonds. The van der Waals surface area contributed by atoms with Gasteiger partial charge in [0, 0.05) is 16.9 Å². The van der Waals surface area contributed by atoms with Crippen LogP contribution >= 0.6 is 15.9 Å². The van der Waals surface area contributed by atoms with Crippen molar-refractivity contribution in [2.75, 3.05) is 26.4 Å². The lowest BCUT2D eigenvalue weighted by molar-refractivity contribution is 0.280. The quantitative estimate of drug-likeness (QED) is 0.0675. The monoisotopic (exact) mass is 1570 g/mol. The first-order valence-electron chi connectivity index (χ1n) is 34.8. The van der Waals surface area contributed by atoms with E-state index in [1.165, 1.54) is 90.5 Å². The van der Waals surface area contributed by atoms with Crippen molar-refractivity contribution in [3.05, 3.63) is 390 Å². The summed E-state index contributed by atoms with van der Waals surface area (Å²) in [6.45, 7) is 4.55. The molecule has 5 heterocycles. The Kier molecular flexibility index (Phi) is 25.2. The molecule has 4 unspecified atom stereocenters. The minimum Gasteiger partial charge on any atom is -0.489 e. The van der Waals surface area contributed by atoms with E-state index in [4.69, 9.17) is 37.9 Å². The van der Waals surface area contributed by atoms with E-state index in [0.717, 1.165) is 60.5 Å². The Morgan fingerprint density at radius 2 is 0.559 bits per heavy atom. The molecular formula is C87H66BrF9N6O8. The zero-order valence-corrected chi connectivity index (χ0v) is 60.6. The van der Waals surface area contributed by atoms with E-state index in [9.17, 15) is 39.5 Å². The van der Waals surface area contributed by atoms with Gasteiger partial charge >= 0.3 is 6.01 Å². The summed E-state index contributed by atoms with van der Waals surface area (Å²) in [7, 11) is 0. The van der Waals surface area contributed by atoms with Crippen LogP contribution in [0.5, 0.6) is 23.3 Å². The molecule has 562 valence electrons. The summed E-state index contributed by atoms with van der Waals surface area (Å²) in [5.41, 5.74) is 7.78. The summed E-state index contributed by atoms with van der Waals surface area (Å²) >= 11 is 3.39. The molecule has 4 atom stereocenters. The predicted octanol–water partition coefficient (Wildman–Crippen LogP) is 20.2. The molecule has 0 spiro atoms. The van der Waals surface area contributed by atoms with Crippen molar-refractivity contribution >= 4 is 39.5 Å².